The Morgan fingerprint density at radius 3 is 1.19 bits per heavy atom. The van der Waals surface area contributed by atoms with E-state index in [1.807, 2.05) is 0 Å². The van der Waals surface area contributed by atoms with Gasteiger partial charge in [0.1, 0.15) is 0 Å². The molecule has 0 N–H and O–H groups in total. The van der Waals surface area contributed by atoms with Crippen LogP contribution in [0.2, 0.25) is 29.6 Å². The molecule has 0 aromatic rings. The summed E-state index contributed by atoms with van der Waals surface area (Å²) in [5.74, 6) is 0. The second-order valence-corrected chi connectivity index (χ2v) is 40.2. The molecule has 0 aliphatic rings. The Hall–Kier alpha value is 1.30. The second-order valence-electron chi connectivity index (χ2n) is 5.56. The van der Waals surface area contributed by atoms with Gasteiger partial charge in [-0.3, -0.25) is 0 Å². The van der Waals surface area contributed by atoms with E-state index in [2.05, 4.69) is 0 Å². The predicted octanol–water partition coefficient (Wildman–Crippen LogP) is 2.81. The molecule has 0 aliphatic carbocycles. The Labute approximate surface area is 104 Å². The molecule has 16 heavy (non-hydrogen) atoms. The van der Waals surface area contributed by atoms with Crippen LogP contribution in [0.3, 0.4) is 0 Å². The van der Waals surface area contributed by atoms with Crippen molar-refractivity contribution in [2.24, 2.45) is 0 Å². The van der Waals surface area contributed by atoms with Crippen molar-refractivity contribution in [3.63, 3.8) is 0 Å². The molecule has 0 radical (unpaired) electrons. The van der Waals surface area contributed by atoms with Crippen molar-refractivity contribution in [1.82, 2.24) is 0.749 Å². The number of hydrogen-bond acceptors (Lipinski definition) is 2. The summed E-state index contributed by atoms with van der Waals surface area (Å²) in [6.07, 6.45) is 0. The molecule has 0 bridgehead atoms. The third-order valence-corrected chi connectivity index (χ3v) is 46.9. The van der Waals surface area contributed by atoms with Gasteiger partial charge in [-0.2, -0.15) is 0 Å². The van der Waals surface area contributed by atoms with Gasteiger partial charge in [-0.05, 0) is 0 Å². The van der Waals surface area contributed by atoms with Crippen molar-refractivity contribution in [3.05, 3.63) is 0 Å². The Kier molecular flexibility index (Phi) is 5.15. The normalized spacial score (nSPS) is 15.6. The van der Waals surface area contributed by atoms with Crippen LogP contribution in [0.25, 0.3) is 0 Å². The molecular formula is C7H18F3NO2SSn2. The second kappa shape index (κ2) is 4.76. The Balaban J connectivity index is 5.78. The standard InChI is InChI=1S/CF3NO2S.6CH3.2Sn/c2-1(3,4)8(5,6)7;;;;;;;;/h;6*1H3;;. The zero-order chi connectivity index (χ0) is 13.6. The molecule has 0 atom stereocenters. The van der Waals surface area contributed by atoms with Crippen molar-refractivity contribution in [1.29, 1.82) is 0 Å². The van der Waals surface area contributed by atoms with Gasteiger partial charge in [-0.1, -0.05) is 0 Å². The number of halogens is 3. The summed E-state index contributed by atoms with van der Waals surface area (Å²) < 4.78 is 61.8. The van der Waals surface area contributed by atoms with Crippen LogP contribution >= 0.6 is 0 Å². The number of hydrogen-bond donors (Lipinski definition) is 0. The van der Waals surface area contributed by atoms with E-state index in [-0.39, 0.29) is 0 Å². The Morgan fingerprint density at radius 2 is 1.12 bits per heavy atom. The van der Waals surface area contributed by atoms with E-state index in [4.69, 9.17) is 0 Å². The third-order valence-electron chi connectivity index (χ3n) is 1.75. The van der Waals surface area contributed by atoms with Gasteiger partial charge in [0, 0.05) is 0 Å². The molecule has 0 unspecified atom stereocenters. The third kappa shape index (κ3) is 3.91. The van der Waals surface area contributed by atoms with Crippen LogP contribution < -0.4 is 0 Å². The fraction of sp³-hybridized carbons (Fsp3) is 1.00. The molecule has 0 heterocycles. The van der Waals surface area contributed by atoms with Crippen molar-refractivity contribution >= 4 is 47.3 Å². The molecule has 0 saturated carbocycles. The molecule has 0 saturated heterocycles. The van der Waals surface area contributed by atoms with Crippen LogP contribution in [0, 0.1) is 0 Å². The fourth-order valence-corrected chi connectivity index (χ4v) is 61.9. The van der Waals surface area contributed by atoms with Crippen molar-refractivity contribution < 1.29 is 21.6 Å². The molecule has 0 aliphatic heterocycles. The summed E-state index contributed by atoms with van der Waals surface area (Å²) in [6.45, 7) is 0. The average molecular weight is 475 g/mol. The van der Waals surface area contributed by atoms with Gasteiger partial charge in [0.05, 0.1) is 0 Å². The Morgan fingerprint density at radius 1 is 0.875 bits per heavy atom. The molecule has 0 amide bonds. The topological polar surface area (TPSA) is 37.4 Å². The van der Waals surface area contributed by atoms with E-state index >= 15 is 0 Å². The van der Waals surface area contributed by atoms with Gasteiger partial charge in [0.25, 0.3) is 0 Å². The number of nitrogens with zero attached hydrogens (tertiary/aromatic N) is 1. The predicted molar refractivity (Wildman–Crippen MR) is 63.5 cm³/mol. The summed E-state index contributed by atoms with van der Waals surface area (Å²) in [6, 6.07) is 0. The maximum atomic E-state index is 12.6. The van der Waals surface area contributed by atoms with E-state index < -0.39 is 52.8 Å². The summed E-state index contributed by atoms with van der Waals surface area (Å²) in [5, 5.41) is 0. The van der Waals surface area contributed by atoms with Gasteiger partial charge in [0.15, 0.2) is 0 Å². The molecule has 0 fully saturated rings. The van der Waals surface area contributed by atoms with E-state index in [1.54, 1.807) is 29.6 Å². The van der Waals surface area contributed by atoms with Crippen molar-refractivity contribution in [2.75, 3.05) is 0 Å². The number of sulfonamides is 1. The first-order chi connectivity index (χ1) is 6.62. The van der Waals surface area contributed by atoms with Gasteiger partial charge in [-0.15, -0.1) is 0 Å². The summed E-state index contributed by atoms with van der Waals surface area (Å²) in [4.78, 5) is 10.2. The fourth-order valence-electron chi connectivity index (χ4n) is 1.83. The van der Waals surface area contributed by atoms with E-state index in [1.165, 1.54) is 0 Å². The Bertz CT molecular complexity index is 339. The summed E-state index contributed by atoms with van der Waals surface area (Å²) >= 11 is -6.64. The molecule has 3 nitrogen and oxygen atoms in total. The first-order valence-corrected chi connectivity index (χ1v) is 25.9. The first-order valence-electron chi connectivity index (χ1n) is 4.73. The minimum absolute atomic E-state index is 0.913. The minimum atomic E-state index is -5.17. The van der Waals surface area contributed by atoms with Crippen LogP contribution in [0.4, 0.5) is 13.2 Å². The van der Waals surface area contributed by atoms with Gasteiger partial charge in [0.2, 0.25) is 0 Å². The molecule has 0 spiro atoms. The van der Waals surface area contributed by atoms with Crippen LogP contribution in [0.15, 0.2) is 0 Å². The monoisotopic (exact) mass is 477 g/mol. The molecule has 0 rings (SSSR count). The number of alkyl halides is 3. The van der Waals surface area contributed by atoms with Gasteiger partial charge < -0.3 is 0 Å². The maximum absolute atomic E-state index is 12.6. The quantitative estimate of drug-likeness (QED) is 0.590. The van der Waals surface area contributed by atoms with Gasteiger partial charge in [-0.25, -0.2) is 0 Å². The average Bonchev–Trinajstić information content (AvgIpc) is 1.72. The van der Waals surface area contributed by atoms with Crippen LogP contribution in [-0.2, 0) is 10.0 Å². The molecule has 98 valence electrons. The first kappa shape index (κ1) is 17.3. The number of rotatable bonds is 3. The molecule has 0 aromatic carbocycles. The zero-order valence-electron chi connectivity index (χ0n) is 10.3. The van der Waals surface area contributed by atoms with E-state index in [0.717, 1.165) is 0.749 Å². The summed E-state index contributed by atoms with van der Waals surface area (Å²) in [5.41, 5.74) is -5.17. The van der Waals surface area contributed by atoms with Crippen molar-refractivity contribution in [2.45, 2.75) is 35.1 Å². The molecular weight excluding hydrogens is 457 g/mol. The van der Waals surface area contributed by atoms with E-state index in [9.17, 15) is 21.6 Å². The van der Waals surface area contributed by atoms with Crippen LogP contribution in [-0.4, -0.2) is 52.0 Å². The van der Waals surface area contributed by atoms with Crippen LogP contribution in [0.5, 0.6) is 0 Å². The van der Waals surface area contributed by atoms with Crippen LogP contribution in [0.1, 0.15) is 0 Å². The molecule has 0 aromatic heterocycles. The zero-order valence-corrected chi connectivity index (χ0v) is 16.8. The SMILES string of the molecule is [CH3][Sn]([CH3])([CH3])[N](S(=O)(=O)C(F)(F)F)[Sn]([CH3])([CH3])[CH3]. The summed E-state index contributed by atoms with van der Waals surface area (Å²) in [7, 11) is -5.13. The van der Waals surface area contributed by atoms with Gasteiger partial charge >= 0.3 is 105 Å². The van der Waals surface area contributed by atoms with Crippen molar-refractivity contribution in [3.8, 4) is 0 Å². The van der Waals surface area contributed by atoms with E-state index in [0.29, 0.717) is 0 Å². The molecule has 9 heteroatoms.